The molecule has 0 saturated carbocycles. The summed E-state index contributed by atoms with van der Waals surface area (Å²) in [5.41, 5.74) is 0.650. The standard InChI is InChI=1S/C17H24N2O3/c20-9-8-19-11-15-10-18(12-17(15,13-19)16(21)22)7-6-14-4-2-1-3-5-14/h1-5,15,20H,6-13H2,(H,21,22)/t15-,17-/m0/s1. The number of likely N-dealkylation sites (tertiary alicyclic amines) is 2. The molecular formula is C17H24N2O3. The molecule has 2 N–H and O–H groups in total. The quantitative estimate of drug-likeness (QED) is 0.803. The zero-order valence-electron chi connectivity index (χ0n) is 12.8. The van der Waals surface area contributed by atoms with E-state index >= 15 is 0 Å². The molecule has 2 aliphatic heterocycles. The summed E-state index contributed by atoms with van der Waals surface area (Å²) in [4.78, 5) is 16.2. The molecule has 2 aliphatic rings. The molecule has 0 aliphatic carbocycles. The van der Waals surface area contributed by atoms with Crippen molar-refractivity contribution < 1.29 is 15.0 Å². The van der Waals surface area contributed by atoms with Crippen LogP contribution >= 0.6 is 0 Å². The Labute approximate surface area is 131 Å². The molecule has 120 valence electrons. The molecule has 22 heavy (non-hydrogen) atoms. The second-order valence-electron chi connectivity index (χ2n) is 6.59. The SMILES string of the molecule is O=C(O)[C@@]12CN(CCO)C[C@@H]1CN(CCc1ccccc1)C2. The van der Waals surface area contributed by atoms with E-state index in [4.69, 9.17) is 5.11 Å². The lowest BCUT2D eigenvalue weighted by Crippen LogP contribution is -2.41. The van der Waals surface area contributed by atoms with Crippen LogP contribution < -0.4 is 0 Å². The number of hydrogen-bond acceptors (Lipinski definition) is 4. The van der Waals surface area contributed by atoms with Gasteiger partial charge in [0.15, 0.2) is 0 Å². The van der Waals surface area contributed by atoms with Gasteiger partial charge in [0.25, 0.3) is 0 Å². The zero-order valence-corrected chi connectivity index (χ0v) is 12.8. The molecule has 2 saturated heterocycles. The summed E-state index contributed by atoms with van der Waals surface area (Å²) in [6.45, 7) is 4.41. The van der Waals surface area contributed by atoms with Crippen molar-refractivity contribution in [3.63, 3.8) is 0 Å². The summed E-state index contributed by atoms with van der Waals surface area (Å²) in [6.07, 6.45) is 0.962. The van der Waals surface area contributed by atoms with Crippen LogP contribution in [0.25, 0.3) is 0 Å². The molecule has 2 fully saturated rings. The molecule has 0 unspecified atom stereocenters. The van der Waals surface area contributed by atoms with Crippen molar-refractivity contribution in [1.29, 1.82) is 0 Å². The number of fused-ring (bicyclic) bond motifs is 1. The lowest BCUT2D eigenvalue weighted by molar-refractivity contribution is -0.148. The second-order valence-corrected chi connectivity index (χ2v) is 6.59. The van der Waals surface area contributed by atoms with Crippen LogP contribution in [0.2, 0.25) is 0 Å². The Kier molecular flexibility index (Phi) is 4.47. The van der Waals surface area contributed by atoms with Crippen molar-refractivity contribution in [3.05, 3.63) is 35.9 Å². The number of carboxylic acids is 1. The Morgan fingerprint density at radius 3 is 2.32 bits per heavy atom. The van der Waals surface area contributed by atoms with Crippen LogP contribution in [0, 0.1) is 11.3 Å². The summed E-state index contributed by atoms with van der Waals surface area (Å²) >= 11 is 0. The van der Waals surface area contributed by atoms with E-state index in [1.54, 1.807) is 0 Å². The highest BCUT2D eigenvalue weighted by atomic mass is 16.4. The van der Waals surface area contributed by atoms with E-state index in [-0.39, 0.29) is 12.5 Å². The minimum Gasteiger partial charge on any atom is -0.481 e. The number of β-amino-alcohol motifs (C(OH)–C–C–N with tert-alkyl or cyclic N) is 1. The molecular weight excluding hydrogens is 280 g/mol. The first-order chi connectivity index (χ1) is 10.6. The van der Waals surface area contributed by atoms with Gasteiger partial charge >= 0.3 is 5.97 Å². The lowest BCUT2D eigenvalue weighted by Gasteiger charge is -2.25. The van der Waals surface area contributed by atoms with Gasteiger partial charge in [0.2, 0.25) is 0 Å². The fourth-order valence-electron chi connectivity index (χ4n) is 3.99. The van der Waals surface area contributed by atoms with Crippen LogP contribution in [0.5, 0.6) is 0 Å². The number of carbonyl (C=O) groups is 1. The molecule has 3 rings (SSSR count). The van der Waals surface area contributed by atoms with Gasteiger partial charge < -0.3 is 15.1 Å². The number of aliphatic hydroxyl groups excluding tert-OH is 1. The molecule has 0 bridgehead atoms. The highest BCUT2D eigenvalue weighted by molar-refractivity contribution is 5.77. The summed E-state index contributed by atoms with van der Waals surface area (Å²) in [5, 5.41) is 18.8. The first-order valence-electron chi connectivity index (χ1n) is 7.97. The number of rotatable bonds is 6. The smallest absolute Gasteiger partial charge is 0.312 e. The van der Waals surface area contributed by atoms with Gasteiger partial charge in [-0.15, -0.1) is 0 Å². The van der Waals surface area contributed by atoms with Crippen LogP contribution in [0.3, 0.4) is 0 Å². The van der Waals surface area contributed by atoms with E-state index in [1.165, 1.54) is 5.56 Å². The van der Waals surface area contributed by atoms with Gasteiger partial charge in [-0.25, -0.2) is 0 Å². The van der Waals surface area contributed by atoms with Gasteiger partial charge in [-0.3, -0.25) is 9.69 Å². The lowest BCUT2D eigenvalue weighted by atomic mass is 9.81. The molecule has 5 nitrogen and oxygen atoms in total. The Balaban J connectivity index is 1.62. The van der Waals surface area contributed by atoms with Gasteiger partial charge in [0.1, 0.15) is 0 Å². The maximum Gasteiger partial charge on any atom is 0.312 e. The second kappa shape index (κ2) is 6.36. The molecule has 0 aromatic heterocycles. The van der Waals surface area contributed by atoms with E-state index in [2.05, 4.69) is 21.9 Å². The molecule has 1 aromatic carbocycles. The largest absolute Gasteiger partial charge is 0.481 e. The average molecular weight is 304 g/mol. The van der Waals surface area contributed by atoms with Crippen molar-refractivity contribution in [1.82, 2.24) is 9.80 Å². The van der Waals surface area contributed by atoms with Crippen molar-refractivity contribution in [2.45, 2.75) is 6.42 Å². The molecule has 0 amide bonds. The van der Waals surface area contributed by atoms with Crippen LogP contribution in [0.15, 0.2) is 30.3 Å². The van der Waals surface area contributed by atoms with Crippen LogP contribution in [0.4, 0.5) is 0 Å². The topological polar surface area (TPSA) is 64.0 Å². The molecule has 2 heterocycles. The monoisotopic (exact) mass is 304 g/mol. The van der Waals surface area contributed by atoms with E-state index in [9.17, 15) is 9.90 Å². The summed E-state index contributed by atoms with van der Waals surface area (Å²) in [6, 6.07) is 10.3. The summed E-state index contributed by atoms with van der Waals surface area (Å²) in [7, 11) is 0. The van der Waals surface area contributed by atoms with Gasteiger partial charge in [0, 0.05) is 45.2 Å². The van der Waals surface area contributed by atoms with Crippen molar-refractivity contribution >= 4 is 5.97 Å². The van der Waals surface area contributed by atoms with Gasteiger partial charge in [-0.05, 0) is 12.0 Å². The third-order valence-electron chi connectivity index (χ3n) is 5.15. The molecule has 0 spiro atoms. The normalized spacial score (nSPS) is 28.9. The highest BCUT2D eigenvalue weighted by Crippen LogP contribution is 2.42. The maximum atomic E-state index is 11.9. The predicted molar refractivity (Wildman–Crippen MR) is 83.7 cm³/mol. The van der Waals surface area contributed by atoms with E-state index in [0.717, 1.165) is 26.1 Å². The Bertz CT molecular complexity index is 522. The zero-order chi connectivity index (χ0) is 15.6. The Morgan fingerprint density at radius 1 is 1.14 bits per heavy atom. The fourth-order valence-corrected chi connectivity index (χ4v) is 3.99. The maximum absolute atomic E-state index is 11.9. The van der Waals surface area contributed by atoms with E-state index < -0.39 is 11.4 Å². The molecule has 2 atom stereocenters. The summed E-state index contributed by atoms with van der Waals surface area (Å²) in [5.74, 6) is -0.507. The van der Waals surface area contributed by atoms with Gasteiger partial charge in [0.05, 0.1) is 12.0 Å². The third kappa shape index (κ3) is 2.89. The minimum atomic E-state index is -0.680. The predicted octanol–water partition coefficient (Wildman–Crippen LogP) is 0.540. The Hall–Kier alpha value is -1.43. The highest BCUT2D eigenvalue weighted by Gasteiger charge is 2.57. The first kappa shape index (κ1) is 15.5. The number of aliphatic hydroxyl groups is 1. The number of aliphatic carboxylic acids is 1. The molecule has 5 heteroatoms. The number of hydrogen-bond donors (Lipinski definition) is 2. The van der Waals surface area contributed by atoms with Crippen molar-refractivity contribution in [3.8, 4) is 0 Å². The minimum absolute atomic E-state index is 0.0974. The number of benzene rings is 1. The summed E-state index contributed by atoms with van der Waals surface area (Å²) < 4.78 is 0. The van der Waals surface area contributed by atoms with Crippen LogP contribution in [-0.4, -0.2) is 71.9 Å². The molecule has 0 radical (unpaired) electrons. The molecule has 1 aromatic rings. The van der Waals surface area contributed by atoms with E-state index in [0.29, 0.717) is 19.6 Å². The third-order valence-corrected chi connectivity index (χ3v) is 5.15. The Morgan fingerprint density at radius 2 is 1.77 bits per heavy atom. The number of nitrogens with zero attached hydrogens (tertiary/aromatic N) is 2. The van der Waals surface area contributed by atoms with Crippen LogP contribution in [-0.2, 0) is 11.2 Å². The fraction of sp³-hybridized carbons (Fsp3) is 0.588. The van der Waals surface area contributed by atoms with Gasteiger partial charge in [-0.2, -0.15) is 0 Å². The van der Waals surface area contributed by atoms with Crippen molar-refractivity contribution in [2.24, 2.45) is 11.3 Å². The van der Waals surface area contributed by atoms with Crippen molar-refractivity contribution in [2.75, 3.05) is 45.9 Å². The average Bonchev–Trinajstić information content (AvgIpc) is 3.01. The van der Waals surface area contributed by atoms with E-state index in [1.807, 2.05) is 18.2 Å². The van der Waals surface area contributed by atoms with Gasteiger partial charge in [-0.1, -0.05) is 30.3 Å². The number of carboxylic acid groups (broad SMARTS) is 1. The van der Waals surface area contributed by atoms with Crippen LogP contribution in [0.1, 0.15) is 5.56 Å². The first-order valence-corrected chi connectivity index (χ1v) is 7.97.